The first-order valence-corrected chi connectivity index (χ1v) is 15.7. The number of hydrogen-bond acceptors (Lipinski definition) is 7. The van der Waals surface area contributed by atoms with Gasteiger partial charge < -0.3 is 15.3 Å². The van der Waals surface area contributed by atoms with E-state index in [0.717, 1.165) is 41.6 Å². The quantitative estimate of drug-likeness (QED) is 0.425. The molecule has 0 aromatic carbocycles. The van der Waals surface area contributed by atoms with Gasteiger partial charge in [0.1, 0.15) is 12.2 Å². The maximum atomic E-state index is 12.4. The van der Waals surface area contributed by atoms with Crippen molar-refractivity contribution in [1.82, 2.24) is 9.61 Å². The molecule has 4 aliphatic rings. The Labute approximate surface area is 253 Å². The lowest BCUT2D eigenvalue weighted by Crippen LogP contribution is -2.61. The number of Topliss-reactive ketones (excluding diaryl/α,β-unsaturated/α-hetero) is 2. The molecule has 4 aliphatic carbocycles. The van der Waals surface area contributed by atoms with Gasteiger partial charge in [-0.2, -0.15) is 5.10 Å². The number of pyridine rings is 1. The van der Waals surface area contributed by atoms with Crippen LogP contribution in [0.2, 0.25) is 0 Å². The maximum absolute atomic E-state index is 12.4. The average molecular weight is 591 g/mol. The predicted molar refractivity (Wildman–Crippen MR) is 163 cm³/mol. The molecule has 6 rings (SSSR count). The summed E-state index contributed by atoms with van der Waals surface area (Å²) in [6.45, 7) is 11.3. The summed E-state index contributed by atoms with van der Waals surface area (Å²) < 4.78 is 1.80. The Morgan fingerprint density at radius 1 is 1.14 bits per heavy atom. The summed E-state index contributed by atoms with van der Waals surface area (Å²) in [7, 11) is 0. The highest BCUT2D eigenvalue weighted by Gasteiger charge is 2.67. The van der Waals surface area contributed by atoms with Crippen molar-refractivity contribution in [1.29, 1.82) is 0 Å². The summed E-state index contributed by atoms with van der Waals surface area (Å²) in [5.41, 5.74) is 1.06. The number of nitrogens with zero attached hydrogens (tertiary/aromatic N) is 2. The van der Waals surface area contributed by atoms with E-state index in [1.807, 2.05) is 51.2 Å². The number of rotatable bonds is 5. The molecular weight excluding hydrogens is 544 g/mol. The second-order valence-corrected chi connectivity index (χ2v) is 14.2. The van der Waals surface area contributed by atoms with Gasteiger partial charge in [0.05, 0.1) is 22.9 Å². The van der Waals surface area contributed by atoms with Crippen LogP contribution in [0.3, 0.4) is 0 Å². The normalized spacial score (nSPS) is 34.8. The second-order valence-electron chi connectivity index (χ2n) is 14.2. The number of ketones is 3. The Morgan fingerprint density at radius 2 is 1.86 bits per heavy atom. The van der Waals surface area contributed by atoms with Crippen molar-refractivity contribution in [2.24, 2.45) is 34.5 Å². The van der Waals surface area contributed by atoms with Crippen LogP contribution in [0, 0.1) is 34.5 Å². The molecule has 0 saturated heterocycles. The highest BCUT2D eigenvalue weighted by molar-refractivity contribution is 6.04. The molecule has 3 N–H and O–H groups in total. The van der Waals surface area contributed by atoms with Gasteiger partial charge in [0.15, 0.2) is 17.3 Å². The van der Waals surface area contributed by atoms with Crippen LogP contribution in [0.15, 0.2) is 48.2 Å². The molecule has 0 aliphatic heterocycles. The van der Waals surface area contributed by atoms with Crippen molar-refractivity contribution in [2.75, 3.05) is 6.61 Å². The van der Waals surface area contributed by atoms with E-state index in [-0.39, 0.29) is 46.6 Å². The summed E-state index contributed by atoms with van der Waals surface area (Å²) in [4.78, 5) is 36.5. The summed E-state index contributed by atoms with van der Waals surface area (Å²) in [6, 6.07) is 5.82. The van der Waals surface area contributed by atoms with Gasteiger partial charge in [-0.3, -0.25) is 14.4 Å². The molecule has 0 radical (unpaired) electrons. The van der Waals surface area contributed by atoms with Crippen molar-refractivity contribution in [2.45, 2.75) is 91.3 Å². The smallest absolute Gasteiger partial charge is 0.190 e. The Hall–Kier alpha value is -2.94. The molecule has 0 bridgehead atoms. The van der Waals surface area contributed by atoms with Crippen molar-refractivity contribution in [3.63, 3.8) is 0 Å². The van der Waals surface area contributed by atoms with E-state index >= 15 is 0 Å². The number of aromatic nitrogens is 2. The van der Waals surface area contributed by atoms with Gasteiger partial charge in [0.25, 0.3) is 0 Å². The number of fused-ring (bicyclic) bond motifs is 6. The fourth-order valence-electron chi connectivity index (χ4n) is 8.88. The standard InChI is InChI=1S/C21H28O5.C14H18N2O/c1-19-7-5-13(23)9-12(19)3-4-14-15-6-8-21(26,17(25)11-22)20(15,2)10-16(24)18(14)19;1-9(2)13-12(14(17)10(3)4)11-7-5-6-8-16(11)15-13/h5,7,9,14-16,18,22,24,26H,3-4,6,8,10-11H2,1-2H3;5-10H,1-4H3/t14-,15-,16-,18+,19-,20-,21-;/m0./s1. The van der Waals surface area contributed by atoms with Gasteiger partial charge in [0.2, 0.25) is 0 Å². The minimum atomic E-state index is -1.56. The van der Waals surface area contributed by atoms with Gasteiger partial charge in [-0.1, -0.05) is 59.3 Å². The molecule has 8 nitrogen and oxygen atoms in total. The Kier molecular flexibility index (Phi) is 8.20. The zero-order valence-corrected chi connectivity index (χ0v) is 26.2. The molecule has 3 saturated carbocycles. The molecule has 0 unspecified atom stereocenters. The first kappa shape index (κ1) is 31.5. The van der Waals surface area contributed by atoms with Crippen LogP contribution in [-0.4, -0.2) is 60.6 Å². The monoisotopic (exact) mass is 590 g/mol. The summed E-state index contributed by atoms with van der Waals surface area (Å²) >= 11 is 0. The van der Waals surface area contributed by atoms with E-state index in [9.17, 15) is 29.7 Å². The van der Waals surface area contributed by atoms with Crippen LogP contribution in [0.5, 0.6) is 0 Å². The van der Waals surface area contributed by atoms with Crippen LogP contribution in [0.4, 0.5) is 0 Å². The van der Waals surface area contributed by atoms with Gasteiger partial charge in [-0.05, 0) is 74.1 Å². The van der Waals surface area contributed by atoms with Gasteiger partial charge >= 0.3 is 0 Å². The molecule has 0 amide bonds. The number of hydrogen-bond donors (Lipinski definition) is 3. The van der Waals surface area contributed by atoms with Gasteiger partial charge in [-0.15, -0.1) is 0 Å². The molecule has 0 spiro atoms. The Balaban J connectivity index is 0.000000188. The lowest BCUT2D eigenvalue weighted by Gasteiger charge is -2.59. The molecule has 2 aromatic heterocycles. The first-order chi connectivity index (χ1) is 20.2. The van der Waals surface area contributed by atoms with Gasteiger partial charge in [0, 0.05) is 28.9 Å². The lowest BCUT2D eigenvalue weighted by atomic mass is 9.46. The largest absolute Gasteiger partial charge is 0.393 e. The van der Waals surface area contributed by atoms with E-state index in [0.29, 0.717) is 12.8 Å². The summed E-state index contributed by atoms with van der Waals surface area (Å²) in [6.07, 6.45) is 9.57. The Bertz CT molecular complexity index is 1500. The van der Waals surface area contributed by atoms with Crippen LogP contribution >= 0.6 is 0 Å². The predicted octanol–water partition coefficient (Wildman–Crippen LogP) is 4.85. The highest BCUT2D eigenvalue weighted by atomic mass is 16.3. The van der Waals surface area contributed by atoms with E-state index in [1.165, 1.54) is 0 Å². The molecule has 232 valence electrons. The highest BCUT2D eigenvalue weighted by Crippen LogP contribution is 2.67. The minimum Gasteiger partial charge on any atom is -0.393 e. The van der Waals surface area contributed by atoms with Crippen molar-refractivity contribution in [3.05, 3.63) is 59.5 Å². The molecule has 8 heteroatoms. The second kappa shape index (κ2) is 11.2. The maximum Gasteiger partial charge on any atom is 0.190 e. The first-order valence-electron chi connectivity index (χ1n) is 15.7. The van der Waals surface area contributed by atoms with E-state index in [2.05, 4.69) is 25.9 Å². The number of aliphatic hydroxyl groups excluding tert-OH is 2. The fraction of sp³-hybridized carbons (Fsp3) is 0.600. The Morgan fingerprint density at radius 3 is 2.51 bits per heavy atom. The number of aliphatic hydroxyl groups is 3. The fourth-order valence-corrected chi connectivity index (χ4v) is 8.88. The molecule has 43 heavy (non-hydrogen) atoms. The molecular formula is C35H46N2O6. The molecule has 3 fully saturated rings. The molecule has 2 heterocycles. The van der Waals surface area contributed by atoms with Crippen LogP contribution < -0.4 is 0 Å². The molecule has 2 aromatic rings. The molecule has 7 atom stereocenters. The van der Waals surface area contributed by atoms with Crippen molar-refractivity contribution in [3.8, 4) is 0 Å². The van der Waals surface area contributed by atoms with E-state index in [1.54, 1.807) is 16.7 Å². The third kappa shape index (κ3) is 4.86. The van der Waals surface area contributed by atoms with Crippen LogP contribution in [0.1, 0.15) is 95.6 Å². The third-order valence-corrected chi connectivity index (χ3v) is 11.1. The SMILES string of the molecule is CC(C)C(=O)c1c(C(C)C)nn2ccccc12.C[C@]12C=CC(=O)C=C1CC[C@@H]1[C@@H]2[C@@H](O)C[C@@]2(C)[C@H]1CC[C@]2(O)C(=O)CO. The number of carbonyl (C=O) groups excluding carboxylic acids is 3. The lowest BCUT2D eigenvalue weighted by molar-refractivity contribution is -0.178. The summed E-state index contributed by atoms with van der Waals surface area (Å²) in [5.74, 6) is 0.207. The summed E-state index contributed by atoms with van der Waals surface area (Å²) in [5, 5.41) is 36.2. The van der Waals surface area contributed by atoms with Crippen molar-refractivity contribution < 1.29 is 29.7 Å². The minimum absolute atomic E-state index is 0.000654. The number of carbonyl (C=O) groups is 3. The van der Waals surface area contributed by atoms with Crippen LogP contribution in [0.25, 0.3) is 5.52 Å². The van der Waals surface area contributed by atoms with Crippen molar-refractivity contribution >= 4 is 22.9 Å². The zero-order chi connectivity index (χ0) is 31.5. The topological polar surface area (TPSA) is 129 Å². The van der Waals surface area contributed by atoms with E-state index in [4.69, 9.17) is 0 Å². The average Bonchev–Trinajstić information content (AvgIpc) is 3.48. The van der Waals surface area contributed by atoms with Gasteiger partial charge in [-0.25, -0.2) is 4.52 Å². The third-order valence-electron chi connectivity index (χ3n) is 11.1. The number of allylic oxidation sites excluding steroid dienone is 4. The van der Waals surface area contributed by atoms with E-state index < -0.39 is 29.5 Å². The van der Waals surface area contributed by atoms with Crippen LogP contribution in [-0.2, 0) is 9.59 Å². The zero-order valence-electron chi connectivity index (χ0n) is 26.2.